The molecule has 0 N–H and O–H groups in total. The molecule has 0 atom stereocenters. The van der Waals surface area contributed by atoms with Crippen LogP contribution in [-0.4, -0.2) is 12.4 Å². The van der Waals surface area contributed by atoms with Gasteiger partial charge in [-0.05, 0) is 48.0 Å². The first-order chi connectivity index (χ1) is 8.74. The molecule has 2 nitrogen and oxygen atoms in total. The minimum Gasteiger partial charge on any atom is -0.493 e. The second-order valence-electron chi connectivity index (χ2n) is 4.26. The fourth-order valence-corrected chi connectivity index (χ4v) is 2.22. The van der Waals surface area contributed by atoms with Gasteiger partial charge in [0.25, 0.3) is 0 Å². The van der Waals surface area contributed by atoms with Crippen LogP contribution in [0.2, 0.25) is 5.02 Å². The number of halogens is 1. The van der Waals surface area contributed by atoms with E-state index in [2.05, 4.69) is 0 Å². The number of benzene rings is 2. The van der Waals surface area contributed by atoms with Crippen LogP contribution in [-0.2, 0) is 6.42 Å². The molecule has 0 amide bonds. The molecule has 90 valence electrons. The van der Waals surface area contributed by atoms with Crippen LogP contribution in [0.5, 0.6) is 5.75 Å². The Morgan fingerprint density at radius 3 is 2.56 bits per heavy atom. The maximum atomic E-state index is 12.3. The Hall–Kier alpha value is -1.80. The van der Waals surface area contributed by atoms with Gasteiger partial charge in [-0.15, -0.1) is 0 Å². The summed E-state index contributed by atoms with van der Waals surface area (Å²) in [5.41, 5.74) is 2.45. The highest BCUT2D eigenvalue weighted by Gasteiger charge is 2.15. The van der Waals surface area contributed by atoms with Gasteiger partial charge in [0.15, 0.2) is 5.78 Å². The summed E-state index contributed by atoms with van der Waals surface area (Å²) < 4.78 is 5.43. The molecule has 0 radical (unpaired) electrons. The fraction of sp³-hybridized carbons (Fsp3) is 0.133. The van der Waals surface area contributed by atoms with Crippen LogP contribution in [0.25, 0.3) is 0 Å². The molecule has 1 aliphatic rings. The standard InChI is InChI=1S/C15H11ClO2/c16-13-4-1-10(2-5-13)15(17)12-3-6-14-11(9-12)7-8-18-14/h1-6,9H,7-8H2. The zero-order valence-corrected chi connectivity index (χ0v) is 10.4. The van der Waals surface area contributed by atoms with Gasteiger partial charge in [0, 0.05) is 22.6 Å². The highest BCUT2D eigenvalue weighted by atomic mass is 35.5. The molecule has 2 aromatic rings. The summed E-state index contributed by atoms with van der Waals surface area (Å²) in [4.78, 5) is 12.3. The molecule has 0 saturated heterocycles. The van der Waals surface area contributed by atoms with Crippen LogP contribution < -0.4 is 4.74 Å². The summed E-state index contributed by atoms with van der Waals surface area (Å²) in [5.74, 6) is 0.907. The van der Waals surface area contributed by atoms with Crippen molar-refractivity contribution in [2.24, 2.45) is 0 Å². The first-order valence-corrected chi connectivity index (χ1v) is 6.18. The Morgan fingerprint density at radius 1 is 1.06 bits per heavy atom. The van der Waals surface area contributed by atoms with Gasteiger partial charge in [0.1, 0.15) is 5.75 Å². The SMILES string of the molecule is O=C(c1ccc(Cl)cc1)c1ccc2c(c1)CCO2. The lowest BCUT2D eigenvalue weighted by molar-refractivity contribution is 0.103. The van der Waals surface area contributed by atoms with Crippen molar-refractivity contribution in [1.29, 1.82) is 0 Å². The average Bonchev–Trinajstić information content (AvgIpc) is 2.86. The number of hydrogen-bond acceptors (Lipinski definition) is 2. The lowest BCUT2D eigenvalue weighted by Crippen LogP contribution is -2.01. The van der Waals surface area contributed by atoms with E-state index >= 15 is 0 Å². The van der Waals surface area contributed by atoms with Crippen LogP contribution in [0.1, 0.15) is 21.5 Å². The number of ether oxygens (including phenoxy) is 1. The highest BCUT2D eigenvalue weighted by Crippen LogP contribution is 2.26. The van der Waals surface area contributed by atoms with Gasteiger partial charge in [-0.2, -0.15) is 0 Å². The zero-order chi connectivity index (χ0) is 12.5. The van der Waals surface area contributed by atoms with E-state index < -0.39 is 0 Å². The second kappa shape index (κ2) is 4.46. The number of hydrogen-bond donors (Lipinski definition) is 0. The largest absolute Gasteiger partial charge is 0.493 e. The van der Waals surface area contributed by atoms with Gasteiger partial charge in [0.2, 0.25) is 0 Å². The molecule has 0 aliphatic carbocycles. The molecule has 18 heavy (non-hydrogen) atoms. The lowest BCUT2D eigenvalue weighted by atomic mass is 10.0. The minimum absolute atomic E-state index is 0.0152. The van der Waals surface area contributed by atoms with Crippen molar-refractivity contribution in [3.05, 3.63) is 64.2 Å². The van der Waals surface area contributed by atoms with Crippen molar-refractivity contribution in [3.8, 4) is 5.75 Å². The van der Waals surface area contributed by atoms with Gasteiger partial charge in [-0.3, -0.25) is 4.79 Å². The van der Waals surface area contributed by atoms with Crippen molar-refractivity contribution in [3.63, 3.8) is 0 Å². The van der Waals surface area contributed by atoms with Gasteiger partial charge < -0.3 is 4.74 Å². The molecular weight excluding hydrogens is 248 g/mol. The van der Waals surface area contributed by atoms with Crippen LogP contribution in [0.4, 0.5) is 0 Å². The first-order valence-electron chi connectivity index (χ1n) is 5.80. The summed E-state index contributed by atoms with van der Waals surface area (Å²) in [6, 6.07) is 12.5. The molecule has 1 heterocycles. The molecule has 3 rings (SSSR count). The van der Waals surface area contributed by atoms with Gasteiger partial charge in [-0.25, -0.2) is 0 Å². The molecule has 3 heteroatoms. The van der Waals surface area contributed by atoms with E-state index in [1.165, 1.54) is 0 Å². The maximum Gasteiger partial charge on any atom is 0.193 e. The van der Waals surface area contributed by atoms with E-state index in [0.717, 1.165) is 17.7 Å². The number of ketones is 1. The van der Waals surface area contributed by atoms with E-state index in [9.17, 15) is 4.79 Å². The molecule has 0 fully saturated rings. The lowest BCUT2D eigenvalue weighted by Gasteiger charge is -2.04. The van der Waals surface area contributed by atoms with Crippen LogP contribution >= 0.6 is 11.6 Å². The summed E-state index contributed by atoms with van der Waals surface area (Å²) in [7, 11) is 0. The Kier molecular flexibility index (Phi) is 2.80. The van der Waals surface area contributed by atoms with Crippen LogP contribution in [0.3, 0.4) is 0 Å². The first kappa shape index (κ1) is 11.3. The minimum atomic E-state index is 0.0152. The van der Waals surface area contributed by atoms with Crippen molar-refractivity contribution < 1.29 is 9.53 Å². The molecule has 0 bridgehead atoms. The van der Waals surface area contributed by atoms with Crippen molar-refractivity contribution >= 4 is 17.4 Å². The zero-order valence-electron chi connectivity index (χ0n) is 9.65. The van der Waals surface area contributed by atoms with E-state index in [-0.39, 0.29) is 5.78 Å². The average molecular weight is 259 g/mol. The maximum absolute atomic E-state index is 12.3. The van der Waals surface area contributed by atoms with E-state index in [1.54, 1.807) is 30.3 Å². The Bertz CT molecular complexity index is 602. The summed E-state index contributed by atoms with van der Waals surface area (Å²) in [6.07, 6.45) is 0.872. The topological polar surface area (TPSA) is 26.3 Å². The quantitative estimate of drug-likeness (QED) is 0.771. The van der Waals surface area contributed by atoms with Crippen LogP contribution in [0.15, 0.2) is 42.5 Å². The molecular formula is C15H11ClO2. The second-order valence-corrected chi connectivity index (χ2v) is 4.69. The highest BCUT2D eigenvalue weighted by molar-refractivity contribution is 6.30. The van der Waals surface area contributed by atoms with E-state index in [4.69, 9.17) is 16.3 Å². The molecule has 0 spiro atoms. The van der Waals surface area contributed by atoms with Gasteiger partial charge >= 0.3 is 0 Å². The summed E-state index contributed by atoms with van der Waals surface area (Å²) in [5, 5.41) is 0.633. The van der Waals surface area contributed by atoms with Crippen LogP contribution in [0, 0.1) is 0 Å². The van der Waals surface area contributed by atoms with Crippen molar-refractivity contribution in [1.82, 2.24) is 0 Å². The molecule has 2 aromatic carbocycles. The van der Waals surface area contributed by atoms with Crippen molar-refractivity contribution in [2.45, 2.75) is 6.42 Å². The molecule has 0 unspecified atom stereocenters. The van der Waals surface area contributed by atoms with Gasteiger partial charge in [-0.1, -0.05) is 11.6 Å². The Labute approximate surface area is 110 Å². The number of fused-ring (bicyclic) bond motifs is 1. The molecule has 0 aromatic heterocycles. The number of carbonyl (C=O) groups is 1. The summed E-state index contributed by atoms with van der Waals surface area (Å²) in [6.45, 7) is 0.702. The third-order valence-electron chi connectivity index (χ3n) is 3.06. The Morgan fingerprint density at radius 2 is 1.78 bits per heavy atom. The molecule has 0 saturated carbocycles. The third kappa shape index (κ3) is 2.00. The smallest absolute Gasteiger partial charge is 0.193 e. The third-order valence-corrected chi connectivity index (χ3v) is 3.31. The summed E-state index contributed by atoms with van der Waals surface area (Å²) >= 11 is 5.81. The van der Waals surface area contributed by atoms with E-state index in [1.807, 2.05) is 12.1 Å². The predicted octanol–water partition coefficient (Wildman–Crippen LogP) is 3.51. The van der Waals surface area contributed by atoms with Gasteiger partial charge in [0.05, 0.1) is 6.61 Å². The number of rotatable bonds is 2. The number of carbonyl (C=O) groups excluding carboxylic acids is 1. The van der Waals surface area contributed by atoms with E-state index in [0.29, 0.717) is 22.8 Å². The molecule has 1 aliphatic heterocycles. The fourth-order valence-electron chi connectivity index (χ4n) is 2.10. The Balaban J connectivity index is 1.95. The van der Waals surface area contributed by atoms with Crippen molar-refractivity contribution in [2.75, 3.05) is 6.61 Å². The normalized spacial score (nSPS) is 12.9. The predicted molar refractivity (Wildman–Crippen MR) is 70.5 cm³/mol. The monoisotopic (exact) mass is 258 g/mol.